The summed E-state index contributed by atoms with van der Waals surface area (Å²) in [6, 6.07) is 7.36. The molecular formula is C19H28N4O3. The highest BCUT2D eigenvalue weighted by molar-refractivity contribution is 5.93. The first-order chi connectivity index (χ1) is 12.7. The van der Waals surface area contributed by atoms with E-state index in [9.17, 15) is 4.79 Å². The highest BCUT2D eigenvalue weighted by atomic mass is 16.5. The van der Waals surface area contributed by atoms with Gasteiger partial charge in [0.25, 0.3) is 0 Å². The number of nitrogens with one attached hydrogen (secondary N) is 1. The molecule has 7 nitrogen and oxygen atoms in total. The fourth-order valence-corrected chi connectivity index (χ4v) is 2.65. The van der Waals surface area contributed by atoms with Crippen LogP contribution in [0.25, 0.3) is 0 Å². The lowest BCUT2D eigenvalue weighted by atomic mass is 10.2. The van der Waals surface area contributed by atoms with Crippen molar-refractivity contribution in [2.45, 2.75) is 46.1 Å². The van der Waals surface area contributed by atoms with Crippen LogP contribution in [0.1, 0.15) is 44.8 Å². The summed E-state index contributed by atoms with van der Waals surface area (Å²) in [5.41, 5.74) is 0.663. The van der Waals surface area contributed by atoms with Crippen LogP contribution in [0.15, 0.2) is 28.8 Å². The minimum Gasteiger partial charge on any atom is -0.495 e. The van der Waals surface area contributed by atoms with E-state index in [0.717, 1.165) is 38.1 Å². The van der Waals surface area contributed by atoms with Crippen LogP contribution >= 0.6 is 0 Å². The average molecular weight is 360 g/mol. The quantitative estimate of drug-likeness (QED) is 0.662. The normalized spacial score (nSPS) is 10.9. The third-order valence-electron chi connectivity index (χ3n) is 3.91. The van der Waals surface area contributed by atoms with Crippen molar-refractivity contribution in [3.05, 3.63) is 36.0 Å². The van der Waals surface area contributed by atoms with E-state index < -0.39 is 0 Å². The molecule has 0 spiro atoms. The Bertz CT molecular complexity index is 687. The maximum absolute atomic E-state index is 12.4. The molecule has 0 fully saturated rings. The molecule has 0 atom stereocenters. The summed E-state index contributed by atoms with van der Waals surface area (Å²) >= 11 is 0. The van der Waals surface area contributed by atoms with E-state index in [1.807, 2.05) is 29.2 Å². The number of methoxy groups -OCH3 is 1. The van der Waals surface area contributed by atoms with Crippen LogP contribution in [-0.2, 0) is 17.8 Å². The number of para-hydroxylation sites is 2. The standard InChI is InChI=1S/C19H28N4O3/c1-4-6-11-17-21-19(26-22-17)14-23(12-5-2)13-18(24)20-15-9-7-8-10-16(15)25-3/h7-10H,4-6,11-14H2,1-3H3,(H,20,24). The Morgan fingerprint density at radius 3 is 2.81 bits per heavy atom. The number of ether oxygens (including phenoxy) is 1. The molecule has 0 unspecified atom stereocenters. The Hall–Kier alpha value is -2.41. The molecule has 2 rings (SSSR count). The van der Waals surface area contributed by atoms with Gasteiger partial charge in [0.05, 0.1) is 25.9 Å². The van der Waals surface area contributed by atoms with Crippen molar-refractivity contribution < 1.29 is 14.1 Å². The summed E-state index contributed by atoms with van der Waals surface area (Å²) in [5.74, 6) is 1.82. The fraction of sp³-hybridized carbons (Fsp3) is 0.526. The zero-order chi connectivity index (χ0) is 18.8. The predicted molar refractivity (Wildman–Crippen MR) is 100 cm³/mol. The van der Waals surface area contributed by atoms with E-state index in [1.165, 1.54) is 0 Å². The van der Waals surface area contributed by atoms with Gasteiger partial charge in [0.15, 0.2) is 5.82 Å². The van der Waals surface area contributed by atoms with E-state index in [-0.39, 0.29) is 12.5 Å². The second-order valence-electron chi connectivity index (χ2n) is 6.17. The molecule has 0 aliphatic heterocycles. The number of aryl methyl sites for hydroxylation is 1. The molecule has 1 aromatic heterocycles. The van der Waals surface area contributed by atoms with Crippen molar-refractivity contribution in [2.24, 2.45) is 0 Å². The number of hydrogen-bond acceptors (Lipinski definition) is 6. The van der Waals surface area contributed by atoms with Crippen molar-refractivity contribution in [3.8, 4) is 5.75 Å². The summed E-state index contributed by atoms with van der Waals surface area (Å²) in [6.45, 7) is 5.69. The number of rotatable bonds is 11. The van der Waals surface area contributed by atoms with Gasteiger partial charge < -0.3 is 14.6 Å². The third kappa shape index (κ3) is 6.15. The molecule has 0 aliphatic carbocycles. The van der Waals surface area contributed by atoms with Gasteiger partial charge in [0.1, 0.15) is 5.75 Å². The van der Waals surface area contributed by atoms with Crippen molar-refractivity contribution in [3.63, 3.8) is 0 Å². The number of unbranched alkanes of at least 4 members (excludes halogenated alkanes) is 1. The topological polar surface area (TPSA) is 80.5 Å². The number of amides is 1. The molecule has 7 heteroatoms. The van der Waals surface area contributed by atoms with E-state index in [0.29, 0.717) is 23.9 Å². The van der Waals surface area contributed by atoms with Gasteiger partial charge in [-0.15, -0.1) is 0 Å². The maximum Gasteiger partial charge on any atom is 0.240 e. The van der Waals surface area contributed by atoms with Gasteiger partial charge in [-0.1, -0.05) is 37.6 Å². The molecule has 0 aliphatic rings. The molecule has 1 aromatic carbocycles. The molecule has 2 aromatic rings. The van der Waals surface area contributed by atoms with Gasteiger partial charge >= 0.3 is 0 Å². The zero-order valence-corrected chi connectivity index (χ0v) is 15.8. The lowest BCUT2D eigenvalue weighted by molar-refractivity contribution is -0.117. The van der Waals surface area contributed by atoms with Crippen molar-refractivity contribution in [1.29, 1.82) is 0 Å². The minimum atomic E-state index is -0.103. The monoisotopic (exact) mass is 360 g/mol. The molecule has 26 heavy (non-hydrogen) atoms. The van der Waals surface area contributed by atoms with Gasteiger partial charge in [0.2, 0.25) is 11.8 Å². The Morgan fingerprint density at radius 1 is 1.27 bits per heavy atom. The smallest absolute Gasteiger partial charge is 0.240 e. The van der Waals surface area contributed by atoms with E-state index in [4.69, 9.17) is 9.26 Å². The van der Waals surface area contributed by atoms with Gasteiger partial charge in [-0.2, -0.15) is 4.98 Å². The van der Waals surface area contributed by atoms with Gasteiger partial charge in [-0.25, -0.2) is 0 Å². The SMILES string of the molecule is CCCCc1noc(CN(CCC)CC(=O)Nc2ccccc2OC)n1. The van der Waals surface area contributed by atoms with Crippen LogP contribution in [0.2, 0.25) is 0 Å². The largest absolute Gasteiger partial charge is 0.495 e. The van der Waals surface area contributed by atoms with Crippen LogP contribution in [0.5, 0.6) is 5.75 Å². The van der Waals surface area contributed by atoms with Crippen LogP contribution in [0.3, 0.4) is 0 Å². The van der Waals surface area contributed by atoms with Crippen molar-refractivity contribution in [2.75, 3.05) is 25.5 Å². The number of hydrogen-bond donors (Lipinski definition) is 1. The van der Waals surface area contributed by atoms with Crippen LogP contribution in [0.4, 0.5) is 5.69 Å². The highest BCUT2D eigenvalue weighted by Crippen LogP contribution is 2.22. The predicted octanol–water partition coefficient (Wildman–Crippen LogP) is 3.27. The lowest BCUT2D eigenvalue weighted by Crippen LogP contribution is -2.33. The van der Waals surface area contributed by atoms with E-state index >= 15 is 0 Å². The summed E-state index contributed by atoms with van der Waals surface area (Å²) < 4.78 is 10.6. The molecule has 1 heterocycles. The highest BCUT2D eigenvalue weighted by Gasteiger charge is 2.16. The molecular weight excluding hydrogens is 332 g/mol. The first-order valence-corrected chi connectivity index (χ1v) is 9.12. The van der Waals surface area contributed by atoms with Crippen molar-refractivity contribution in [1.82, 2.24) is 15.0 Å². The number of carbonyl (C=O) groups excluding carboxylic acids is 1. The fourth-order valence-electron chi connectivity index (χ4n) is 2.65. The Kier molecular flexibility index (Phi) is 8.08. The minimum absolute atomic E-state index is 0.103. The molecule has 0 saturated carbocycles. The second kappa shape index (κ2) is 10.6. The Balaban J connectivity index is 1.94. The van der Waals surface area contributed by atoms with Crippen LogP contribution < -0.4 is 10.1 Å². The maximum atomic E-state index is 12.4. The Morgan fingerprint density at radius 2 is 2.08 bits per heavy atom. The van der Waals surface area contributed by atoms with Crippen LogP contribution in [0, 0.1) is 0 Å². The molecule has 142 valence electrons. The van der Waals surface area contributed by atoms with Gasteiger partial charge in [-0.05, 0) is 31.5 Å². The first-order valence-electron chi connectivity index (χ1n) is 9.12. The van der Waals surface area contributed by atoms with E-state index in [2.05, 4.69) is 29.3 Å². The van der Waals surface area contributed by atoms with Gasteiger partial charge in [-0.3, -0.25) is 9.69 Å². The second-order valence-corrected chi connectivity index (χ2v) is 6.17. The summed E-state index contributed by atoms with van der Waals surface area (Å²) in [6.07, 6.45) is 3.88. The van der Waals surface area contributed by atoms with E-state index in [1.54, 1.807) is 7.11 Å². The Labute approximate surface area is 154 Å². The number of nitrogens with zero attached hydrogens (tertiary/aromatic N) is 3. The zero-order valence-electron chi connectivity index (χ0n) is 15.8. The third-order valence-corrected chi connectivity index (χ3v) is 3.91. The summed E-state index contributed by atoms with van der Waals surface area (Å²) in [7, 11) is 1.58. The average Bonchev–Trinajstić information content (AvgIpc) is 3.07. The van der Waals surface area contributed by atoms with Gasteiger partial charge in [0, 0.05) is 6.42 Å². The number of benzene rings is 1. The molecule has 0 bridgehead atoms. The molecule has 1 amide bonds. The summed E-state index contributed by atoms with van der Waals surface area (Å²) in [5, 5.41) is 6.90. The number of carbonyl (C=O) groups is 1. The molecule has 0 radical (unpaired) electrons. The van der Waals surface area contributed by atoms with Crippen LogP contribution in [-0.4, -0.2) is 41.1 Å². The molecule has 0 saturated heterocycles. The molecule has 1 N–H and O–H groups in total. The lowest BCUT2D eigenvalue weighted by Gasteiger charge is -2.19. The number of anilines is 1. The van der Waals surface area contributed by atoms with Crippen molar-refractivity contribution >= 4 is 11.6 Å². The number of aromatic nitrogens is 2. The summed E-state index contributed by atoms with van der Waals surface area (Å²) in [4.78, 5) is 18.8. The first kappa shape index (κ1) is 19.9.